The molecule has 2 atom stereocenters. The Bertz CT molecular complexity index is 352. The minimum Gasteiger partial charge on any atom is -0.468 e. The van der Waals surface area contributed by atoms with E-state index in [1.165, 1.54) is 7.11 Å². The van der Waals surface area contributed by atoms with Crippen molar-refractivity contribution in [2.75, 3.05) is 7.11 Å². The fourth-order valence-corrected chi connectivity index (χ4v) is 2.02. The van der Waals surface area contributed by atoms with E-state index in [1.807, 2.05) is 6.92 Å². The third-order valence-corrected chi connectivity index (χ3v) is 3.02. The summed E-state index contributed by atoms with van der Waals surface area (Å²) in [6.07, 6.45) is 0.963. The van der Waals surface area contributed by atoms with Crippen molar-refractivity contribution in [1.29, 1.82) is 0 Å². The zero-order valence-electron chi connectivity index (χ0n) is 9.56. The summed E-state index contributed by atoms with van der Waals surface area (Å²) in [5, 5.41) is 13.3. The van der Waals surface area contributed by atoms with Crippen LogP contribution in [-0.4, -0.2) is 35.3 Å². The molecule has 2 N–H and O–H groups in total. The van der Waals surface area contributed by atoms with Crippen molar-refractivity contribution in [2.24, 2.45) is 0 Å². The number of aliphatic hydroxyl groups is 1. The Morgan fingerprint density at radius 3 is 2.88 bits per heavy atom. The first-order valence-corrected chi connectivity index (χ1v) is 5.77. The smallest absolute Gasteiger partial charge is 0.325 e. The fraction of sp³-hybridized carbons (Fsp3) is 0.600. The van der Waals surface area contributed by atoms with Crippen LogP contribution >= 0.6 is 11.3 Å². The van der Waals surface area contributed by atoms with Crippen molar-refractivity contribution >= 4 is 17.3 Å². The van der Waals surface area contributed by atoms with Gasteiger partial charge in [-0.25, -0.2) is 4.98 Å². The molecule has 0 aliphatic carbocycles. The SMILES string of the molecule is COC(=O)[C@@H](NCc1cnc(C)s1)[C@H](C)O. The zero-order chi connectivity index (χ0) is 12.1. The van der Waals surface area contributed by atoms with Gasteiger partial charge in [0.1, 0.15) is 6.04 Å². The first-order valence-electron chi connectivity index (χ1n) is 4.95. The van der Waals surface area contributed by atoms with Gasteiger partial charge in [0.2, 0.25) is 0 Å². The first kappa shape index (κ1) is 13.1. The van der Waals surface area contributed by atoms with Crippen LogP contribution in [0.3, 0.4) is 0 Å². The van der Waals surface area contributed by atoms with Gasteiger partial charge < -0.3 is 9.84 Å². The lowest BCUT2D eigenvalue weighted by molar-refractivity contribution is -0.145. The molecule has 0 saturated carbocycles. The van der Waals surface area contributed by atoms with Crippen molar-refractivity contribution in [2.45, 2.75) is 32.5 Å². The van der Waals surface area contributed by atoms with Crippen LogP contribution < -0.4 is 5.32 Å². The van der Waals surface area contributed by atoms with Gasteiger partial charge in [-0.2, -0.15) is 0 Å². The van der Waals surface area contributed by atoms with Crippen LogP contribution in [0.5, 0.6) is 0 Å². The van der Waals surface area contributed by atoms with Gasteiger partial charge in [0, 0.05) is 17.6 Å². The number of aryl methyl sites for hydroxylation is 1. The average molecular weight is 244 g/mol. The molecule has 0 radical (unpaired) electrons. The molecule has 0 spiro atoms. The number of ether oxygens (including phenoxy) is 1. The van der Waals surface area contributed by atoms with E-state index in [1.54, 1.807) is 24.5 Å². The Balaban J connectivity index is 2.53. The Morgan fingerprint density at radius 1 is 1.75 bits per heavy atom. The van der Waals surface area contributed by atoms with Crippen molar-refractivity contribution in [3.63, 3.8) is 0 Å². The van der Waals surface area contributed by atoms with Gasteiger partial charge in [-0.1, -0.05) is 0 Å². The number of nitrogens with zero attached hydrogens (tertiary/aromatic N) is 1. The van der Waals surface area contributed by atoms with Gasteiger partial charge in [-0.05, 0) is 13.8 Å². The molecule has 1 rings (SSSR count). The summed E-state index contributed by atoms with van der Waals surface area (Å²) in [7, 11) is 1.30. The molecule has 6 heteroatoms. The van der Waals surface area contributed by atoms with Crippen LogP contribution in [0, 0.1) is 6.92 Å². The second-order valence-corrected chi connectivity index (χ2v) is 4.79. The fourth-order valence-electron chi connectivity index (χ4n) is 1.28. The van der Waals surface area contributed by atoms with Crippen molar-refractivity contribution in [3.05, 3.63) is 16.1 Å². The molecular weight excluding hydrogens is 228 g/mol. The number of thiazole rings is 1. The monoisotopic (exact) mass is 244 g/mol. The Hall–Kier alpha value is -0.980. The Labute approximate surface area is 98.5 Å². The number of carbonyl (C=O) groups is 1. The number of esters is 1. The summed E-state index contributed by atoms with van der Waals surface area (Å²) in [6.45, 7) is 3.96. The van der Waals surface area contributed by atoms with Gasteiger partial charge in [-0.15, -0.1) is 11.3 Å². The van der Waals surface area contributed by atoms with Gasteiger partial charge in [-0.3, -0.25) is 10.1 Å². The van der Waals surface area contributed by atoms with E-state index in [0.29, 0.717) is 6.54 Å². The summed E-state index contributed by atoms with van der Waals surface area (Å²) in [6, 6.07) is -0.701. The van der Waals surface area contributed by atoms with Gasteiger partial charge in [0.15, 0.2) is 0 Å². The third-order valence-electron chi connectivity index (χ3n) is 2.10. The highest BCUT2D eigenvalue weighted by Gasteiger charge is 2.23. The average Bonchev–Trinajstić information content (AvgIpc) is 2.63. The number of hydrogen-bond donors (Lipinski definition) is 2. The lowest BCUT2D eigenvalue weighted by Crippen LogP contribution is -2.45. The molecule has 0 unspecified atom stereocenters. The van der Waals surface area contributed by atoms with Crippen LogP contribution in [0.25, 0.3) is 0 Å². The number of hydrogen-bond acceptors (Lipinski definition) is 6. The predicted molar refractivity (Wildman–Crippen MR) is 61.2 cm³/mol. The molecule has 5 nitrogen and oxygen atoms in total. The maximum Gasteiger partial charge on any atom is 0.325 e. The molecule has 0 aliphatic heterocycles. The van der Waals surface area contributed by atoms with E-state index in [2.05, 4.69) is 15.0 Å². The normalized spacial score (nSPS) is 14.5. The molecule has 16 heavy (non-hydrogen) atoms. The van der Waals surface area contributed by atoms with Gasteiger partial charge >= 0.3 is 5.97 Å². The number of aliphatic hydroxyl groups excluding tert-OH is 1. The predicted octanol–water partition coefficient (Wildman–Crippen LogP) is 0.464. The maximum absolute atomic E-state index is 11.3. The van der Waals surface area contributed by atoms with Crippen molar-refractivity contribution in [3.8, 4) is 0 Å². The molecule has 0 saturated heterocycles. The Morgan fingerprint density at radius 2 is 2.44 bits per heavy atom. The van der Waals surface area contributed by atoms with E-state index in [9.17, 15) is 9.90 Å². The van der Waals surface area contributed by atoms with Crippen LogP contribution in [0.1, 0.15) is 16.8 Å². The topological polar surface area (TPSA) is 71.5 Å². The maximum atomic E-state index is 11.3. The number of carbonyl (C=O) groups excluding carboxylic acids is 1. The Kier molecular flexibility index (Phi) is 4.85. The standard InChI is InChI=1S/C10H16N2O3S/c1-6(13)9(10(14)15-3)12-5-8-4-11-7(2)16-8/h4,6,9,12-13H,5H2,1-3H3/t6-,9-/m0/s1. The molecule has 1 aromatic rings. The molecule has 1 aromatic heterocycles. The molecule has 0 aromatic carbocycles. The molecule has 0 fully saturated rings. The largest absolute Gasteiger partial charge is 0.468 e. The van der Waals surface area contributed by atoms with E-state index >= 15 is 0 Å². The van der Waals surface area contributed by atoms with Crippen molar-refractivity contribution in [1.82, 2.24) is 10.3 Å². The minimum absolute atomic E-state index is 0.462. The molecule has 0 aliphatic rings. The van der Waals surface area contributed by atoms with E-state index in [-0.39, 0.29) is 0 Å². The summed E-state index contributed by atoms with van der Waals surface area (Å²) in [5.74, 6) is -0.462. The summed E-state index contributed by atoms with van der Waals surface area (Å²) in [4.78, 5) is 16.4. The number of rotatable bonds is 5. The highest BCUT2D eigenvalue weighted by Crippen LogP contribution is 2.11. The first-order chi connectivity index (χ1) is 7.54. The molecular formula is C10H16N2O3S. The van der Waals surface area contributed by atoms with E-state index < -0.39 is 18.1 Å². The summed E-state index contributed by atoms with van der Waals surface area (Å²) in [5.41, 5.74) is 0. The quantitative estimate of drug-likeness (QED) is 0.736. The molecule has 1 heterocycles. The number of aromatic nitrogens is 1. The van der Waals surface area contributed by atoms with E-state index in [0.717, 1.165) is 9.88 Å². The molecule has 0 bridgehead atoms. The lowest BCUT2D eigenvalue weighted by Gasteiger charge is -2.18. The summed E-state index contributed by atoms with van der Waals surface area (Å²) < 4.78 is 4.59. The number of methoxy groups -OCH3 is 1. The number of nitrogens with one attached hydrogen (secondary N) is 1. The molecule has 0 amide bonds. The minimum atomic E-state index is -0.790. The zero-order valence-corrected chi connectivity index (χ0v) is 10.4. The van der Waals surface area contributed by atoms with E-state index in [4.69, 9.17) is 0 Å². The van der Waals surface area contributed by atoms with Gasteiger partial charge in [0.25, 0.3) is 0 Å². The second kappa shape index (κ2) is 5.93. The van der Waals surface area contributed by atoms with Crippen molar-refractivity contribution < 1.29 is 14.6 Å². The lowest BCUT2D eigenvalue weighted by atomic mass is 10.2. The van der Waals surface area contributed by atoms with Crippen LogP contribution in [0.15, 0.2) is 6.20 Å². The second-order valence-electron chi connectivity index (χ2n) is 3.47. The molecule has 90 valence electrons. The van der Waals surface area contributed by atoms with Crippen LogP contribution in [0.2, 0.25) is 0 Å². The summed E-state index contributed by atoms with van der Waals surface area (Å²) >= 11 is 1.55. The highest BCUT2D eigenvalue weighted by atomic mass is 32.1. The highest BCUT2D eigenvalue weighted by molar-refractivity contribution is 7.11. The van der Waals surface area contributed by atoms with Crippen LogP contribution in [0.4, 0.5) is 0 Å². The third kappa shape index (κ3) is 3.55. The van der Waals surface area contributed by atoms with Gasteiger partial charge in [0.05, 0.1) is 18.2 Å². The van der Waals surface area contributed by atoms with Crippen LogP contribution in [-0.2, 0) is 16.1 Å².